The van der Waals surface area contributed by atoms with Crippen molar-refractivity contribution in [2.75, 3.05) is 13.7 Å². The fourth-order valence-electron chi connectivity index (χ4n) is 2.11. The highest BCUT2D eigenvalue weighted by Crippen LogP contribution is 2.23. The van der Waals surface area contributed by atoms with Gasteiger partial charge in [-0.05, 0) is 50.4 Å². The monoisotopic (exact) mass is 265 g/mol. The number of aliphatic carboxylic acids is 1. The Hall–Kier alpha value is -1.55. The van der Waals surface area contributed by atoms with E-state index in [1.54, 1.807) is 7.11 Å². The lowest BCUT2D eigenvalue weighted by molar-refractivity contribution is -0.137. The molecular formula is C15H23NO3. The van der Waals surface area contributed by atoms with Gasteiger partial charge in [0.15, 0.2) is 0 Å². The topological polar surface area (TPSA) is 58.6 Å². The molecule has 0 aliphatic rings. The maximum absolute atomic E-state index is 10.4. The van der Waals surface area contributed by atoms with Gasteiger partial charge in [-0.25, -0.2) is 0 Å². The Morgan fingerprint density at radius 2 is 2.05 bits per heavy atom. The van der Waals surface area contributed by atoms with E-state index in [0.29, 0.717) is 6.42 Å². The van der Waals surface area contributed by atoms with E-state index in [0.717, 1.165) is 25.3 Å². The number of nitrogens with one attached hydrogen (secondary N) is 1. The van der Waals surface area contributed by atoms with Gasteiger partial charge < -0.3 is 15.2 Å². The fraction of sp³-hybridized carbons (Fsp3) is 0.533. The average Bonchev–Trinajstić information content (AvgIpc) is 2.34. The van der Waals surface area contributed by atoms with E-state index >= 15 is 0 Å². The zero-order valence-corrected chi connectivity index (χ0v) is 12.0. The van der Waals surface area contributed by atoms with Crippen molar-refractivity contribution in [3.8, 4) is 5.75 Å². The van der Waals surface area contributed by atoms with Crippen molar-refractivity contribution in [3.63, 3.8) is 0 Å². The normalized spacial score (nSPS) is 10.5. The van der Waals surface area contributed by atoms with Gasteiger partial charge in [0.25, 0.3) is 0 Å². The molecule has 0 aromatic heterocycles. The Kier molecular flexibility index (Phi) is 6.36. The van der Waals surface area contributed by atoms with E-state index < -0.39 is 5.97 Å². The predicted octanol–water partition coefficient (Wildman–Crippen LogP) is 2.66. The van der Waals surface area contributed by atoms with Gasteiger partial charge in [0.2, 0.25) is 0 Å². The number of carbonyl (C=O) groups is 1. The summed E-state index contributed by atoms with van der Waals surface area (Å²) in [6.45, 7) is 5.71. The van der Waals surface area contributed by atoms with Crippen molar-refractivity contribution in [2.24, 2.45) is 0 Å². The summed E-state index contributed by atoms with van der Waals surface area (Å²) in [6.07, 6.45) is 1.83. The Morgan fingerprint density at radius 1 is 1.32 bits per heavy atom. The molecular weight excluding hydrogens is 242 g/mol. The molecule has 1 aromatic carbocycles. The van der Waals surface area contributed by atoms with E-state index in [1.807, 2.05) is 6.07 Å². The summed E-state index contributed by atoms with van der Waals surface area (Å²) in [5.41, 5.74) is 3.58. The van der Waals surface area contributed by atoms with E-state index in [-0.39, 0.29) is 6.42 Å². The van der Waals surface area contributed by atoms with Gasteiger partial charge in [0, 0.05) is 18.5 Å². The van der Waals surface area contributed by atoms with E-state index in [2.05, 4.69) is 25.2 Å². The number of carboxylic acids is 1. The van der Waals surface area contributed by atoms with Crippen molar-refractivity contribution >= 4 is 5.97 Å². The van der Waals surface area contributed by atoms with Crippen molar-refractivity contribution in [1.82, 2.24) is 5.32 Å². The van der Waals surface area contributed by atoms with Crippen LogP contribution >= 0.6 is 0 Å². The van der Waals surface area contributed by atoms with E-state index in [1.165, 1.54) is 16.7 Å². The molecule has 0 amide bonds. The average molecular weight is 265 g/mol. The van der Waals surface area contributed by atoms with Gasteiger partial charge >= 0.3 is 5.97 Å². The van der Waals surface area contributed by atoms with Crippen LogP contribution in [0.4, 0.5) is 0 Å². The predicted molar refractivity (Wildman–Crippen MR) is 75.7 cm³/mol. The molecule has 0 bridgehead atoms. The van der Waals surface area contributed by atoms with Gasteiger partial charge in [0.05, 0.1) is 7.11 Å². The lowest BCUT2D eigenvalue weighted by Crippen LogP contribution is -2.16. The van der Waals surface area contributed by atoms with Crippen LogP contribution in [0.15, 0.2) is 12.1 Å². The molecule has 106 valence electrons. The fourth-order valence-corrected chi connectivity index (χ4v) is 2.11. The van der Waals surface area contributed by atoms with Crippen LogP contribution in [-0.2, 0) is 11.3 Å². The highest BCUT2D eigenvalue weighted by Gasteiger charge is 2.07. The lowest BCUT2D eigenvalue weighted by atomic mass is 10.0. The molecule has 0 aliphatic carbocycles. The minimum Gasteiger partial charge on any atom is -0.496 e. The van der Waals surface area contributed by atoms with Crippen LogP contribution in [0, 0.1) is 13.8 Å². The molecule has 2 N–H and O–H groups in total. The van der Waals surface area contributed by atoms with E-state index in [4.69, 9.17) is 9.84 Å². The molecule has 4 heteroatoms. The molecule has 0 atom stereocenters. The van der Waals surface area contributed by atoms with Crippen LogP contribution in [-0.4, -0.2) is 24.7 Å². The summed E-state index contributed by atoms with van der Waals surface area (Å²) < 4.78 is 5.40. The van der Waals surface area contributed by atoms with Crippen molar-refractivity contribution in [3.05, 3.63) is 28.8 Å². The van der Waals surface area contributed by atoms with Crippen LogP contribution in [0.1, 0.15) is 36.0 Å². The van der Waals surface area contributed by atoms with Gasteiger partial charge in [-0.3, -0.25) is 4.79 Å². The number of ether oxygens (including phenoxy) is 1. The molecule has 0 fully saturated rings. The molecule has 1 aromatic rings. The number of benzene rings is 1. The number of methoxy groups -OCH3 is 1. The largest absolute Gasteiger partial charge is 0.496 e. The smallest absolute Gasteiger partial charge is 0.303 e. The molecule has 0 heterocycles. The first-order chi connectivity index (χ1) is 9.04. The molecule has 4 nitrogen and oxygen atoms in total. The number of aryl methyl sites for hydroxylation is 2. The van der Waals surface area contributed by atoms with Crippen molar-refractivity contribution < 1.29 is 14.6 Å². The highest BCUT2D eigenvalue weighted by atomic mass is 16.5. The van der Waals surface area contributed by atoms with Crippen molar-refractivity contribution in [2.45, 2.75) is 39.7 Å². The summed E-state index contributed by atoms with van der Waals surface area (Å²) in [5.74, 6) is 0.187. The number of hydrogen-bond donors (Lipinski definition) is 2. The molecule has 0 radical (unpaired) electrons. The van der Waals surface area contributed by atoms with Gasteiger partial charge in [-0.1, -0.05) is 6.07 Å². The van der Waals surface area contributed by atoms with Crippen LogP contribution < -0.4 is 10.1 Å². The molecule has 0 saturated carbocycles. The number of hydrogen-bond acceptors (Lipinski definition) is 3. The summed E-state index contributed by atoms with van der Waals surface area (Å²) in [4.78, 5) is 10.4. The Labute approximate surface area is 114 Å². The Morgan fingerprint density at radius 3 is 2.68 bits per heavy atom. The Bertz CT molecular complexity index is 430. The molecule has 0 unspecified atom stereocenters. The number of carboxylic acid groups (broad SMARTS) is 1. The standard InChI is InChI=1S/C15H23NO3/c1-11-8-12(2)13(14(9-11)19-3)10-16-7-5-4-6-15(17)18/h8-9,16H,4-7,10H2,1-3H3,(H,17,18). The molecule has 0 saturated heterocycles. The minimum atomic E-state index is -0.726. The third-order valence-corrected chi connectivity index (χ3v) is 3.09. The molecule has 0 aliphatic heterocycles. The zero-order valence-electron chi connectivity index (χ0n) is 12.0. The first kappa shape index (κ1) is 15.5. The van der Waals surface area contributed by atoms with Gasteiger partial charge in [-0.15, -0.1) is 0 Å². The molecule has 0 spiro atoms. The second-order valence-corrected chi connectivity index (χ2v) is 4.79. The second kappa shape index (κ2) is 7.79. The lowest BCUT2D eigenvalue weighted by Gasteiger charge is -2.13. The third-order valence-electron chi connectivity index (χ3n) is 3.09. The molecule has 19 heavy (non-hydrogen) atoms. The number of unbranched alkanes of at least 4 members (excludes halogenated alkanes) is 1. The van der Waals surface area contributed by atoms with Crippen molar-refractivity contribution in [1.29, 1.82) is 0 Å². The first-order valence-electron chi connectivity index (χ1n) is 6.61. The zero-order chi connectivity index (χ0) is 14.3. The number of rotatable bonds is 8. The third kappa shape index (κ3) is 5.30. The SMILES string of the molecule is COc1cc(C)cc(C)c1CNCCCCC(=O)O. The van der Waals surface area contributed by atoms with Crippen LogP contribution in [0.5, 0.6) is 5.75 Å². The van der Waals surface area contributed by atoms with Crippen LogP contribution in [0.25, 0.3) is 0 Å². The van der Waals surface area contributed by atoms with Crippen LogP contribution in [0.3, 0.4) is 0 Å². The first-order valence-corrected chi connectivity index (χ1v) is 6.61. The minimum absolute atomic E-state index is 0.245. The quantitative estimate of drug-likeness (QED) is 0.709. The van der Waals surface area contributed by atoms with Crippen LogP contribution in [0.2, 0.25) is 0 Å². The summed E-state index contributed by atoms with van der Waals surface area (Å²) in [7, 11) is 1.69. The molecule has 1 rings (SSSR count). The summed E-state index contributed by atoms with van der Waals surface area (Å²) in [5, 5.41) is 11.9. The van der Waals surface area contributed by atoms with Gasteiger partial charge in [0.1, 0.15) is 5.75 Å². The highest BCUT2D eigenvalue weighted by molar-refractivity contribution is 5.66. The maximum Gasteiger partial charge on any atom is 0.303 e. The Balaban J connectivity index is 2.42. The summed E-state index contributed by atoms with van der Waals surface area (Å²) in [6, 6.07) is 4.18. The summed E-state index contributed by atoms with van der Waals surface area (Å²) >= 11 is 0. The maximum atomic E-state index is 10.4. The van der Waals surface area contributed by atoms with Gasteiger partial charge in [-0.2, -0.15) is 0 Å². The van der Waals surface area contributed by atoms with E-state index in [9.17, 15) is 4.79 Å². The second-order valence-electron chi connectivity index (χ2n) is 4.79.